The molecule has 1 saturated carbocycles. The second-order valence-corrected chi connectivity index (χ2v) is 6.06. The second-order valence-electron chi connectivity index (χ2n) is 6.06. The van der Waals surface area contributed by atoms with E-state index in [4.69, 9.17) is 4.74 Å². The summed E-state index contributed by atoms with van der Waals surface area (Å²) in [5.74, 6) is -0.701. The van der Waals surface area contributed by atoms with Gasteiger partial charge in [-0.1, -0.05) is 19.3 Å². The van der Waals surface area contributed by atoms with Crippen molar-refractivity contribution < 1.29 is 19.2 Å². The van der Waals surface area contributed by atoms with E-state index in [1.54, 1.807) is 0 Å². The molecule has 1 aromatic rings. The van der Waals surface area contributed by atoms with Crippen LogP contribution in [-0.2, 0) is 9.53 Å². The fraction of sp³-hybridized carbons (Fsp3) is 0.529. The Kier molecular flexibility index (Phi) is 6.88. The van der Waals surface area contributed by atoms with Gasteiger partial charge in [-0.05, 0) is 18.9 Å². The molecule has 0 spiro atoms. The first-order valence-corrected chi connectivity index (χ1v) is 8.39. The Bertz CT molecular complexity index is 641. The summed E-state index contributed by atoms with van der Waals surface area (Å²) in [6.07, 6.45) is 4.82. The second kappa shape index (κ2) is 9.12. The summed E-state index contributed by atoms with van der Waals surface area (Å²) in [5, 5.41) is 16.4. The highest BCUT2D eigenvalue weighted by atomic mass is 16.6. The molecular formula is C17H23N3O5. The zero-order valence-electron chi connectivity index (χ0n) is 14.2. The van der Waals surface area contributed by atoms with Crippen molar-refractivity contribution in [2.24, 2.45) is 5.92 Å². The van der Waals surface area contributed by atoms with Crippen LogP contribution in [-0.4, -0.2) is 37.0 Å². The molecule has 2 N–H and O–H groups in total. The number of nitro benzene ring substituents is 1. The number of hydrogen-bond donors (Lipinski definition) is 2. The normalized spacial score (nSPS) is 14.8. The van der Waals surface area contributed by atoms with Crippen LogP contribution < -0.4 is 10.6 Å². The predicted octanol–water partition coefficient (Wildman–Crippen LogP) is 2.49. The lowest BCUT2D eigenvalue weighted by Crippen LogP contribution is -2.30. The van der Waals surface area contributed by atoms with Gasteiger partial charge in [0.05, 0.1) is 22.8 Å². The van der Waals surface area contributed by atoms with Crippen molar-refractivity contribution in [1.29, 1.82) is 0 Å². The first-order chi connectivity index (χ1) is 12.0. The molecule has 0 radical (unpaired) electrons. The number of nitrogens with zero attached hydrogens (tertiary/aromatic N) is 1. The average Bonchev–Trinajstić information content (AvgIpc) is 2.62. The lowest BCUT2D eigenvalue weighted by atomic mass is 9.88. The standard InChI is InChI=1S/C17H23N3O5/c1-25-10-9-18-17(22)14-11-13(20(23)24)7-8-15(14)19-16(21)12-5-3-2-4-6-12/h7-8,11-12H,2-6,9-10H2,1H3,(H,18,22)(H,19,21). The largest absolute Gasteiger partial charge is 0.383 e. The molecule has 0 atom stereocenters. The third-order valence-electron chi connectivity index (χ3n) is 4.28. The zero-order valence-corrected chi connectivity index (χ0v) is 14.2. The summed E-state index contributed by atoms with van der Waals surface area (Å²) in [5.41, 5.74) is 0.165. The van der Waals surface area contributed by atoms with Crippen molar-refractivity contribution in [3.05, 3.63) is 33.9 Å². The van der Waals surface area contributed by atoms with Gasteiger partial charge in [-0.25, -0.2) is 0 Å². The van der Waals surface area contributed by atoms with Gasteiger partial charge in [-0.3, -0.25) is 19.7 Å². The summed E-state index contributed by atoms with van der Waals surface area (Å²) in [6, 6.07) is 3.87. The minimum Gasteiger partial charge on any atom is -0.383 e. The van der Waals surface area contributed by atoms with Crippen LogP contribution in [0.3, 0.4) is 0 Å². The molecule has 1 fully saturated rings. The number of non-ortho nitro benzene ring substituents is 1. The zero-order chi connectivity index (χ0) is 18.2. The molecule has 8 nitrogen and oxygen atoms in total. The summed E-state index contributed by atoms with van der Waals surface area (Å²) in [7, 11) is 1.51. The predicted molar refractivity (Wildman–Crippen MR) is 92.5 cm³/mol. The number of hydrogen-bond acceptors (Lipinski definition) is 5. The highest BCUT2D eigenvalue weighted by Gasteiger charge is 2.24. The molecule has 2 amide bonds. The van der Waals surface area contributed by atoms with Gasteiger partial charge in [0.1, 0.15) is 0 Å². The molecule has 1 aromatic carbocycles. The van der Waals surface area contributed by atoms with Gasteiger partial charge in [0, 0.05) is 31.7 Å². The van der Waals surface area contributed by atoms with Crippen molar-refractivity contribution in [3.63, 3.8) is 0 Å². The molecule has 0 aromatic heterocycles. The smallest absolute Gasteiger partial charge is 0.270 e. The minimum atomic E-state index is -0.571. The summed E-state index contributed by atoms with van der Waals surface area (Å²) < 4.78 is 4.87. The van der Waals surface area contributed by atoms with Crippen LogP contribution in [0.15, 0.2) is 18.2 Å². The van der Waals surface area contributed by atoms with Crippen molar-refractivity contribution in [2.75, 3.05) is 25.6 Å². The topological polar surface area (TPSA) is 111 Å². The molecule has 0 saturated heterocycles. The van der Waals surface area contributed by atoms with Gasteiger partial charge in [-0.15, -0.1) is 0 Å². The van der Waals surface area contributed by atoms with Crippen LogP contribution in [0.25, 0.3) is 0 Å². The van der Waals surface area contributed by atoms with Crippen LogP contribution in [0.1, 0.15) is 42.5 Å². The summed E-state index contributed by atoms with van der Waals surface area (Å²) in [4.78, 5) is 35.2. The van der Waals surface area contributed by atoms with Crippen molar-refractivity contribution >= 4 is 23.2 Å². The summed E-state index contributed by atoms with van der Waals surface area (Å²) >= 11 is 0. The Balaban J connectivity index is 2.18. The highest BCUT2D eigenvalue weighted by molar-refractivity contribution is 6.04. The Hall–Kier alpha value is -2.48. The molecule has 25 heavy (non-hydrogen) atoms. The fourth-order valence-corrected chi connectivity index (χ4v) is 2.90. The van der Waals surface area contributed by atoms with Crippen molar-refractivity contribution in [2.45, 2.75) is 32.1 Å². The molecule has 0 aliphatic heterocycles. The molecule has 1 aliphatic carbocycles. The number of methoxy groups -OCH3 is 1. The van der Waals surface area contributed by atoms with Crippen LogP contribution in [0.5, 0.6) is 0 Å². The number of nitro groups is 1. The number of anilines is 1. The number of amides is 2. The average molecular weight is 349 g/mol. The first-order valence-electron chi connectivity index (χ1n) is 8.39. The molecule has 0 heterocycles. The van der Waals surface area contributed by atoms with Gasteiger partial charge in [0.2, 0.25) is 5.91 Å². The SMILES string of the molecule is COCCNC(=O)c1cc([N+](=O)[O-])ccc1NC(=O)C1CCCCC1. The Labute approximate surface area is 146 Å². The van der Waals surface area contributed by atoms with Gasteiger partial charge in [0.25, 0.3) is 11.6 Å². The fourth-order valence-electron chi connectivity index (χ4n) is 2.90. The molecule has 0 bridgehead atoms. The minimum absolute atomic E-state index is 0.0756. The first kappa shape index (κ1) is 18.9. The van der Waals surface area contributed by atoms with E-state index in [1.807, 2.05) is 0 Å². The van der Waals surface area contributed by atoms with Crippen LogP contribution in [0, 0.1) is 16.0 Å². The van der Waals surface area contributed by atoms with E-state index in [1.165, 1.54) is 25.3 Å². The van der Waals surface area contributed by atoms with Gasteiger partial charge in [0.15, 0.2) is 0 Å². The van der Waals surface area contributed by atoms with Crippen LogP contribution in [0.2, 0.25) is 0 Å². The van der Waals surface area contributed by atoms with E-state index in [2.05, 4.69) is 10.6 Å². The molecular weight excluding hydrogens is 326 g/mol. The Morgan fingerprint density at radius 2 is 2.00 bits per heavy atom. The molecule has 2 rings (SSSR count). The number of carbonyl (C=O) groups is 2. The van der Waals surface area contributed by atoms with E-state index < -0.39 is 10.8 Å². The lowest BCUT2D eigenvalue weighted by Gasteiger charge is -2.21. The molecule has 0 unspecified atom stereocenters. The molecule has 1 aliphatic rings. The van der Waals surface area contributed by atoms with E-state index in [0.29, 0.717) is 6.61 Å². The summed E-state index contributed by atoms with van der Waals surface area (Å²) in [6.45, 7) is 0.596. The van der Waals surface area contributed by atoms with Gasteiger partial charge >= 0.3 is 0 Å². The van der Waals surface area contributed by atoms with E-state index in [9.17, 15) is 19.7 Å². The maximum atomic E-state index is 12.4. The third kappa shape index (κ3) is 5.25. The van der Waals surface area contributed by atoms with Gasteiger partial charge in [-0.2, -0.15) is 0 Å². The highest BCUT2D eigenvalue weighted by Crippen LogP contribution is 2.27. The maximum absolute atomic E-state index is 12.4. The van der Waals surface area contributed by atoms with E-state index in [0.717, 1.165) is 32.1 Å². The van der Waals surface area contributed by atoms with Crippen molar-refractivity contribution in [3.8, 4) is 0 Å². The monoisotopic (exact) mass is 349 g/mol. The van der Waals surface area contributed by atoms with Crippen molar-refractivity contribution in [1.82, 2.24) is 5.32 Å². The van der Waals surface area contributed by atoms with E-state index in [-0.39, 0.29) is 35.3 Å². The van der Waals surface area contributed by atoms with E-state index >= 15 is 0 Å². The quantitative estimate of drug-likeness (QED) is 0.446. The number of ether oxygens (including phenoxy) is 1. The maximum Gasteiger partial charge on any atom is 0.270 e. The van der Waals surface area contributed by atoms with Gasteiger partial charge < -0.3 is 15.4 Å². The number of rotatable bonds is 7. The molecule has 8 heteroatoms. The number of benzene rings is 1. The number of carbonyl (C=O) groups excluding carboxylic acids is 2. The van der Waals surface area contributed by atoms with Crippen LogP contribution >= 0.6 is 0 Å². The molecule has 136 valence electrons. The lowest BCUT2D eigenvalue weighted by molar-refractivity contribution is -0.384. The third-order valence-corrected chi connectivity index (χ3v) is 4.28. The Morgan fingerprint density at radius 3 is 2.64 bits per heavy atom. The number of nitrogens with one attached hydrogen (secondary N) is 2. The Morgan fingerprint density at radius 1 is 1.28 bits per heavy atom. The van der Waals surface area contributed by atoms with Crippen LogP contribution in [0.4, 0.5) is 11.4 Å².